The van der Waals surface area contributed by atoms with Crippen molar-refractivity contribution in [2.75, 3.05) is 11.4 Å². The number of amides is 1. The summed E-state index contributed by atoms with van der Waals surface area (Å²) in [5.41, 5.74) is 6.42. The molecule has 0 fully saturated rings. The van der Waals surface area contributed by atoms with E-state index in [0.717, 1.165) is 0 Å². The molecule has 6 nitrogen and oxygen atoms in total. The number of furan rings is 1. The quantitative estimate of drug-likeness (QED) is 0.384. The molecule has 0 aliphatic rings. The topological polar surface area (TPSA) is 92.1 Å². The molecule has 0 aliphatic heterocycles. The number of halogens is 1. The summed E-state index contributed by atoms with van der Waals surface area (Å²) in [4.78, 5) is 14.1. The zero-order valence-electron chi connectivity index (χ0n) is 11.1. The van der Waals surface area contributed by atoms with Crippen LogP contribution in [0, 0.1) is 0 Å². The van der Waals surface area contributed by atoms with E-state index in [1.165, 1.54) is 17.2 Å². The number of oxime groups is 1. The first kappa shape index (κ1) is 14.9. The number of hydrogen-bond donors (Lipinski definition) is 2. The fraction of sp³-hybridized carbons (Fsp3) is 0.143. The normalized spacial score (nSPS) is 11.4. The van der Waals surface area contributed by atoms with Gasteiger partial charge in [0.15, 0.2) is 0 Å². The molecule has 0 aliphatic carbocycles. The Labute approximate surface area is 126 Å². The summed E-state index contributed by atoms with van der Waals surface area (Å²) in [6.45, 7) is 0.250. The van der Waals surface area contributed by atoms with Crippen LogP contribution in [0.25, 0.3) is 0 Å². The lowest BCUT2D eigenvalue weighted by Crippen LogP contribution is -2.34. The van der Waals surface area contributed by atoms with Gasteiger partial charge in [0.2, 0.25) is 5.22 Å². The summed E-state index contributed by atoms with van der Waals surface area (Å²) < 4.78 is 4.95. The summed E-state index contributed by atoms with van der Waals surface area (Å²) in [6.07, 6.45) is 1.58. The molecule has 0 bridgehead atoms. The average Bonchev–Trinajstić information content (AvgIpc) is 2.94. The van der Waals surface area contributed by atoms with Crippen molar-refractivity contribution in [1.82, 2.24) is 0 Å². The van der Waals surface area contributed by atoms with Crippen LogP contribution in [0.15, 0.2) is 52.2 Å². The molecule has 3 N–H and O–H groups in total. The lowest BCUT2D eigenvalue weighted by Gasteiger charge is -2.22. The van der Waals surface area contributed by atoms with Crippen LogP contribution >= 0.6 is 11.6 Å². The molecule has 1 heterocycles. The second-order valence-corrected chi connectivity index (χ2v) is 4.58. The first-order valence-electron chi connectivity index (χ1n) is 6.19. The van der Waals surface area contributed by atoms with Crippen LogP contribution in [0.2, 0.25) is 5.22 Å². The highest BCUT2D eigenvalue weighted by Crippen LogP contribution is 2.22. The van der Waals surface area contributed by atoms with Crippen molar-refractivity contribution in [1.29, 1.82) is 0 Å². The summed E-state index contributed by atoms with van der Waals surface area (Å²) in [7, 11) is 0. The predicted octanol–water partition coefficient (Wildman–Crippen LogP) is 2.72. The molecule has 0 radical (unpaired) electrons. The molecule has 0 saturated carbocycles. The van der Waals surface area contributed by atoms with Crippen LogP contribution in [-0.4, -0.2) is 23.5 Å². The van der Waals surface area contributed by atoms with E-state index >= 15 is 0 Å². The van der Waals surface area contributed by atoms with Gasteiger partial charge in [-0.25, -0.2) is 0 Å². The van der Waals surface area contributed by atoms with Gasteiger partial charge in [-0.05, 0) is 29.8 Å². The predicted molar refractivity (Wildman–Crippen MR) is 79.9 cm³/mol. The number of nitrogens with two attached hydrogens (primary N) is 1. The lowest BCUT2D eigenvalue weighted by atomic mass is 10.2. The minimum atomic E-state index is -0.314. The molecule has 1 amide bonds. The maximum absolute atomic E-state index is 12.6. The summed E-state index contributed by atoms with van der Waals surface area (Å²) in [6, 6.07) is 10.6. The average molecular weight is 308 g/mol. The minimum absolute atomic E-state index is 0.0322. The van der Waals surface area contributed by atoms with Crippen LogP contribution in [0.5, 0.6) is 0 Å². The maximum atomic E-state index is 12.6. The standard InChI is InChI=1S/C14H14ClN3O3/c15-13-11(7-9-21-13)14(19)18(8-6-12(16)17-20)10-4-2-1-3-5-10/h1-5,7,9,20H,6,8H2,(H2,16,17). The Kier molecular flexibility index (Phi) is 4.84. The van der Waals surface area contributed by atoms with Crippen molar-refractivity contribution in [2.24, 2.45) is 10.9 Å². The smallest absolute Gasteiger partial charge is 0.263 e. The number of para-hydroxylation sites is 1. The third-order valence-corrected chi connectivity index (χ3v) is 3.17. The molecular formula is C14H14ClN3O3. The zero-order chi connectivity index (χ0) is 15.2. The summed E-state index contributed by atoms with van der Waals surface area (Å²) in [5.74, 6) is -0.271. The third kappa shape index (κ3) is 3.55. The van der Waals surface area contributed by atoms with E-state index in [4.69, 9.17) is 27.0 Å². The Morgan fingerprint density at radius 2 is 2.05 bits per heavy atom. The van der Waals surface area contributed by atoms with Crippen LogP contribution in [0.4, 0.5) is 5.69 Å². The van der Waals surface area contributed by atoms with Gasteiger partial charge in [-0.2, -0.15) is 0 Å². The molecular weight excluding hydrogens is 294 g/mol. The fourth-order valence-corrected chi connectivity index (χ4v) is 2.02. The van der Waals surface area contributed by atoms with Gasteiger partial charge in [0.25, 0.3) is 5.91 Å². The van der Waals surface area contributed by atoms with E-state index in [1.54, 1.807) is 12.1 Å². The van der Waals surface area contributed by atoms with Gasteiger partial charge in [0.1, 0.15) is 5.84 Å². The van der Waals surface area contributed by atoms with E-state index in [0.29, 0.717) is 5.69 Å². The van der Waals surface area contributed by atoms with Crippen LogP contribution in [0.3, 0.4) is 0 Å². The number of carbonyl (C=O) groups is 1. The number of amidine groups is 1. The molecule has 7 heteroatoms. The van der Waals surface area contributed by atoms with Crippen molar-refractivity contribution in [3.63, 3.8) is 0 Å². The van der Waals surface area contributed by atoms with Crippen molar-refractivity contribution in [2.45, 2.75) is 6.42 Å². The van der Waals surface area contributed by atoms with E-state index in [-0.39, 0.29) is 35.5 Å². The van der Waals surface area contributed by atoms with Gasteiger partial charge < -0.3 is 20.3 Å². The van der Waals surface area contributed by atoms with Crippen LogP contribution in [-0.2, 0) is 0 Å². The molecule has 110 valence electrons. The maximum Gasteiger partial charge on any atom is 0.263 e. The van der Waals surface area contributed by atoms with E-state index in [1.807, 2.05) is 18.2 Å². The Balaban J connectivity index is 2.28. The number of anilines is 1. The molecule has 0 saturated heterocycles. The number of carbonyl (C=O) groups excluding carboxylic acids is 1. The molecule has 2 aromatic rings. The highest BCUT2D eigenvalue weighted by Gasteiger charge is 2.21. The Morgan fingerprint density at radius 3 is 2.62 bits per heavy atom. The van der Waals surface area contributed by atoms with E-state index in [2.05, 4.69) is 5.16 Å². The molecule has 0 spiro atoms. The van der Waals surface area contributed by atoms with Crippen LogP contribution in [0.1, 0.15) is 16.8 Å². The third-order valence-electron chi connectivity index (χ3n) is 2.88. The monoisotopic (exact) mass is 307 g/mol. The van der Waals surface area contributed by atoms with Gasteiger partial charge in [-0.3, -0.25) is 4.79 Å². The van der Waals surface area contributed by atoms with Gasteiger partial charge in [0.05, 0.1) is 11.8 Å². The number of nitrogens with zero attached hydrogens (tertiary/aromatic N) is 2. The first-order valence-corrected chi connectivity index (χ1v) is 6.57. The minimum Gasteiger partial charge on any atom is -0.452 e. The SMILES string of the molecule is N/C(CCN(C(=O)c1ccoc1Cl)c1ccccc1)=N/O. The zero-order valence-corrected chi connectivity index (χ0v) is 11.8. The first-order chi connectivity index (χ1) is 10.1. The van der Waals surface area contributed by atoms with Crippen molar-refractivity contribution in [3.05, 3.63) is 53.4 Å². The molecule has 1 aromatic carbocycles. The number of benzene rings is 1. The number of hydrogen-bond acceptors (Lipinski definition) is 4. The largest absolute Gasteiger partial charge is 0.452 e. The van der Waals surface area contributed by atoms with E-state index < -0.39 is 0 Å². The van der Waals surface area contributed by atoms with Gasteiger partial charge in [0, 0.05) is 18.7 Å². The lowest BCUT2D eigenvalue weighted by molar-refractivity contribution is 0.0987. The molecule has 21 heavy (non-hydrogen) atoms. The van der Waals surface area contributed by atoms with Gasteiger partial charge in [-0.15, -0.1) is 0 Å². The molecule has 0 unspecified atom stereocenters. The summed E-state index contributed by atoms with van der Waals surface area (Å²) in [5, 5.41) is 11.5. The van der Waals surface area contributed by atoms with Crippen molar-refractivity contribution < 1.29 is 14.4 Å². The highest BCUT2D eigenvalue weighted by atomic mass is 35.5. The van der Waals surface area contributed by atoms with Crippen LogP contribution < -0.4 is 10.6 Å². The Morgan fingerprint density at radius 1 is 1.33 bits per heavy atom. The molecule has 0 atom stereocenters. The molecule has 1 aromatic heterocycles. The Bertz CT molecular complexity index is 640. The van der Waals surface area contributed by atoms with Gasteiger partial charge in [-0.1, -0.05) is 23.4 Å². The summed E-state index contributed by atoms with van der Waals surface area (Å²) >= 11 is 5.85. The van der Waals surface area contributed by atoms with Gasteiger partial charge >= 0.3 is 0 Å². The highest BCUT2D eigenvalue weighted by molar-refractivity contribution is 6.32. The van der Waals surface area contributed by atoms with E-state index in [9.17, 15) is 4.79 Å². The number of rotatable bonds is 5. The molecule has 2 rings (SSSR count). The second-order valence-electron chi connectivity index (χ2n) is 4.24. The van der Waals surface area contributed by atoms with Crippen molar-refractivity contribution in [3.8, 4) is 0 Å². The second kappa shape index (κ2) is 6.81. The fourth-order valence-electron chi connectivity index (χ4n) is 1.82. The van der Waals surface area contributed by atoms with Crippen molar-refractivity contribution >= 4 is 29.0 Å². The Hall–Kier alpha value is -2.47.